The maximum Gasteiger partial charge on any atom is 0.196 e. The van der Waals surface area contributed by atoms with Crippen molar-refractivity contribution in [3.63, 3.8) is 0 Å². The largest absolute Gasteiger partial charge is 0.496 e. The first-order valence-electron chi connectivity index (χ1n) is 6.82. The van der Waals surface area contributed by atoms with Crippen molar-refractivity contribution in [2.45, 2.75) is 18.9 Å². The molecule has 0 N–H and O–H groups in total. The average molecular weight is 303 g/mol. The van der Waals surface area contributed by atoms with Gasteiger partial charge in [0, 0.05) is 10.6 Å². The van der Waals surface area contributed by atoms with Gasteiger partial charge < -0.3 is 9.47 Å². The maximum absolute atomic E-state index is 12.5. The van der Waals surface area contributed by atoms with E-state index >= 15 is 0 Å². The first kappa shape index (κ1) is 14.0. The lowest BCUT2D eigenvalue weighted by Crippen LogP contribution is -2.04. The summed E-state index contributed by atoms with van der Waals surface area (Å²) in [5, 5.41) is 0.539. The van der Waals surface area contributed by atoms with E-state index < -0.39 is 0 Å². The van der Waals surface area contributed by atoms with Gasteiger partial charge in [0.2, 0.25) is 0 Å². The van der Waals surface area contributed by atoms with Gasteiger partial charge in [-0.15, -0.1) is 0 Å². The topological polar surface area (TPSA) is 35.5 Å². The molecular formula is C17H15ClO3. The van der Waals surface area contributed by atoms with Gasteiger partial charge in [-0.05, 0) is 55.3 Å². The second kappa shape index (κ2) is 5.78. The number of halogens is 1. The molecule has 1 aliphatic rings. The molecule has 3 rings (SSSR count). The highest BCUT2D eigenvalue weighted by Crippen LogP contribution is 2.28. The van der Waals surface area contributed by atoms with E-state index in [0.717, 1.165) is 18.6 Å². The molecule has 3 nitrogen and oxygen atoms in total. The molecule has 0 heterocycles. The summed E-state index contributed by atoms with van der Waals surface area (Å²) in [5.74, 6) is 1.18. The molecule has 0 spiro atoms. The van der Waals surface area contributed by atoms with Crippen LogP contribution in [-0.4, -0.2) is 19.0 Å². The van der Waals surface area contributed by atoms with Crippen molar-refractivity contribution < 1.29 is 14.3 Å². The summed E-state index contributed by atoms with van der Waals surface area (Å²) in [5.41, 5.74) is 1.09. The van der Waals surface area contributed by atoms with Crippen LogP contribution in [0.3, 0.4) is 0 Å². The standard InChI is InChI=1S/C17H15ClO3/c1-20-16-10-12(18)4-9-15(16)17(19)11-2-5-13(6-3-11)21-14-7-8-14/h2-6,9-10,14H,7-8H2,1H3. The van der Waals surface area contributed by atoms with Gasteiger partial charge in [0.15, 0.2) is 5.78 Å². The van der Waals surface area contributed by atoms with Gasteiger partial charge in [-0.1, -0.05) is 11.6 Å². The minimum atomic E-state index is -0.0958. The highest BCUT2D eigenvalue weighted by atomic mass is 35.5. The zero-order chi connectivity index (χ0) is 14.8. The Hall–Kier alpha value is -2.00. The molecule has 0 radical (unpaired) electrons. The number of hydrogen-bond donors (Lipinski definition) is 0. The van der Waals surface area contributed by atoms with Crippen LogP contribution >= 0.6 is 11.6 Å². The van der Waals surface area contributed by atoms with E-state index in [-0.39, 0.29) is 5.78 Å². The minimum absolute atomic E-state index is 0.0958. The number of methoxy groups -OCH3 is 1. The van der Waals surface area contributed by atoms with Crippen LogP contribution in [0, 0.1) is 0 Å². The maximum atomic E-state index is 12.5. The van der Waals surface area contributed by atoms with Gasteiger partial charge in [-0.3, -0.25) is 4.79 Å². The fourth-order valence-corrected chi connectivity index (χ4v) is 2.23. The molecule has 4 heteroatoms. The lowest BCUT2D eigenvalue weighted by molar-refractivity contribution is 0.103. The molecule has 0 saturated heterocycles. The number of rotatable bonds is 5. The predicted molar refractivity (Wildman–Crippen MR) is 81.5 cm³/mol. The van der Waals surface area contributed by atoms with Crippen LogP contribution in [0.2, 0.25) is 5.02 Å². The van der Waals surface area contributed by atoms with E-state index in [1.165, 1.54) is 7.11 Å². The molecule has 0 amide bonds. The first-order valence-corrected chi connectivity index (χ1v) is 7.20. The summed E-state index contributed by atoms with van der Waals surface area (Å²) < 4.78 is 10.9. The van der Waals surface area contributed by atoms with Gasteiger partial charge in [-0.2, -0.15) is 0 Å². The van der Waals surface area contributed by atoms with E-state index in [1.54, 1.807) is 30.3 Å². The van der Waals surface area contributed by atoms with E-state index in [1.807, 2.05) is 12.1 Å². The third-order valence-electron chi connectivity index (χ3n) is 3.35. The van der Waals surface area contributed by atoms with Crippen molar-refractivity contribution in [2.75, 3.05) is 7.11 Å². The van der Waals surface area contributed by atoms with Crippen molar-refractivity contribution in [1.82, 2.24) is 0 Å². The summed E-state index contributed by atoms with van der Waals surface area (Å²) in [6.07, 6.45) is 2.58. The number of benzene rings is 2. The smallest absolute Gasteiger partial charge is 0.196 e. The SMILES string of the molecule is COc1cc(Cl)ccc1C(=O)c1ccc(OC2CC2)cc1. The molecule has 2 aromatic rings. The number of hydrogen-bond acceptors (Lipinski definition) is 3. The van der Waals surface area contributed by atoms with Crippen LogP contribution in [0.4, 0.5) is 0 Å². The summed E-state index contributed by atoms with van der Waals surface area (Å²) in [4.78, 5) is 12.5. The van der Waals surface area contributed by atoms with Gasteiger partial charge in [0.1, 0.15) is 11.5 Å². The summed E-state index contributed by atoms with van der Waals surface area (Å²) in [7, 11) is 1.52. The van der Waals surface area contributed by atoms with Crippen molar-refractivity contribution in [3.05, 3.63) is 58.6 Å². The zero-order valence-electron chi connectivity index (χ0n) is 11.6. The van der Waals surface area contributed by atoms with E-state index in [2.05, 4.69) is 0 Å². The van der Waals surface area contributed by atoms with Crippen LogP contribution in [0.25, 0.3) is 0 Å². The Labute approximate surface area is 128 Å². The molecule has 0 bridgehead atoms. The first-order chi connectivity index (χ1) is 10.2. The van der Waals surface area contributed by atoms with Gasteiger partial charge in [0.25, 0.3) is 0 Å². The Balaban J connectivity index is 1.83. The molecule has 0 aliphatic heterocycles. The van der Waals surface area contributed by atoms with E-state index in [4.69, 9.17) is 21.1 Å². The van der Waals surface area contributed by atoms with Crippen molar-refractivity contribution in [3.8, 4) is 11.5 Å². The average Bonchev–Trinajstić information content (AvgIpc) is 3.31. The fourth-order valence-electron chi connectivity index (χ4n) is 2.07. The third kappa shape index (κ3) is 3.19. The molecule has 1 fully saturated rings. The predicted octanol–water partition coefficient (Wildman–Crippen LogP) is 4.12. The van der Waals surface area contributed by atoms with Gasteiger partial charge in [0.05, 0.1) is 18.8 Å². The fraction of sp³-hybridized carbons (Fsp3) is 0.235. The van der Waals surface area contributed by atoms with Crippen LogP contribution in [0.15, 0.2) is 42.5 Å². The molecule has 0 atom stereocenters. The van der Waals surface area contributed by atoms with Crippen molar-refractivity contribution >= 4 is 17.4 Å². The number of ether oxygens (including phenoxy) is 2. The monoisotopic (exact) mass is 302 g/mol. The lowest BCUT2D eigenvalue weighted by Gasteiger charge is -2.09. The highest BCUT2D eigenvalue weighted by molar-refractivity contribution is 6.31. The zero-order valence-corrected chi connectivity index (χ0v) is 12.4. The number of carbonyl (C=O) groups excluding carboxylic acids is 1. The highest BCUT2D eigenvalue weighted by Gasteiger charge is 2.23. The van der Waals surface area contributed by atoms with Crippen LogP contribution < -0.4 is 9.47 Å². The van der Waals surface area contributed by atoms with Crippen molar-refractivity contribution in [2.24, 2.45) is 0 Å². The normalized spacial score (nSPS) is 13.8. The number of ketones is 1. The Morgan fingerprint density at radius 1 is 1.14 bits per heavy atom. The molecule has 108 valence electrons. The van der Waals surface area contributed by atoms with Crippen LogP contribution in [-0.2, 0) is 0 Å². The van der Waals surface area contributed by atoms with E-state index in [9.17, 15) is 4.79 Å². The number of carbonyl (C=O) groups is 1. The van der Waals surface area contributed by atoms with Crippen molar-refractivity contribution in [1.29, 1.82) is 0 Å². The van der Waals surface area contributed by atoms with Gasteiger partial charge >= 0.3 is 0 Å². The molecule has 0 unspecified atom stereocenters. The quantitative estimate of drug-likeness (QED) is 0.779. The molecular weight excluding hydrogens is 288 g/mol. The molecule has 0 aromatic heterocycles. The second-order valence-electron chi connectivity index (χ2n) is 5.02. The molecule has 2 aromatic carbocycles. The molecule has 1 saturated carbocycles. The Morgan fingerprint density at radius 2 is 1.86 bits per heavy atom. The summed E-state index contributed by atoms with van der Waals surface area (Å²) in [6.45, 7) is 0. The third-order valence-corrected chi connectivity index (χ3v) is 3.59. The van der Waals surface area contributed by atoms with Crippen LogP contribution in [0.1, 0.15) is 28.8 Å². The second-order valence-corrected chi connectivity index (χ2v) is 5.45. The lowest BCUT2D eigenvalue weighted by atomic mass is 10.0. The Kier molecular flexibility index (Phi) is 3.84. The van der Waals surface area contributed by atoms with Crippen LogP contribution in [0.5, 0.6) is 11.5 Å². The van der Waals surface area contributed by atoms with Gasteiger partial charge in [-0.25, -0.2) is 0 Å². The molecule has 1 aliphatic carbocycles. The molecule has 21 heavy (non-hydrogen) atoms. The summed E-state index contributed by atoms with van der Waals surface area (Å²) >= 11 is 5.91. The Morgan fingerprint density at radius 3 is 2.48 bits per heavy atom. The Bertz CT molecular complexity index is 660. The van der Waals surface area contributed by atoms with E-state index in [0.29, 0.717) is 28.0 Å². The minimum Gasteiger partial charge on any atom is -0.496 e. The summed E-state index contributed by atoms with van der Waals surface area (Å²) in [6, 6.07) is 12.2.